The van der Waals surface area contributed by atoms with E-state index in [2.05, 4.69) is 20.6 Å². The van der Waals surface area contributed by atoms with Gasteiger partial charge in [-0.1, -0.05) is 6.07 Å². The molecule has 0 spiro atoms. The predicted octanol–water partition coefficient (Wildman–Crippen LogP) is 0.884. The minimum atomic E-state index is 0.547. The van der Waals surface area contributed by atoms with E-state index in [-0.39, 0.29) is 0 Å². The Labute approximate surface area is 86.2 Å². The number of nitrogens with one attached hydrogen (secondary N) is 1. The summed E-state index contributed by atoms with van der Waals surface area (Å²) in [5.74, 6) is 1.80. The van der Waals surface area contributed by atoms with Crippen molar-refractivity contribution in [2.75, 3.05) is 14.2 Å². The van der Waals surface area contributed by atoms with Crippen molar-refractivity contribution in [1.29, 1.82) is 0 Å². The van der Waals surface area contributed by atoms with E-state index < -0.39 is 0 Å². The molecule has 1 aromatic heterocycles. The van der Waals surface area contributed by atoms with Gasteiger partial charge in [0.25, 0.3) is 0 Å². The number of aromatic nitrogens is 4. The largest absolute Gasteiger partial charge is 0.493 e. The number of benzene rings is 1. The molecule has 0 saturated heterocycles. The first-order valence-electron chi connectivity index (χ1n) is 4.32. The Morgan fingerprint density at radius 1 is 1.20 bits per heavy atom. The van der Waals surface area contributed by atoms with E-state index >= 15 is 0 Å². The third-order valence-corrected chi connectivity index (χ3v) is 2.00. The summed E-state index contributed by atoms with van der Waals surface area (Å²) in [5, 5.41) is 13.5. The average Bonchev–Trinajstić information content (AvgIpc) is 2.81. The van der Waals surface area contributed by atoms with Crippen molar-refractivity contribution in [1.82, 2.24) is 20.6 Å². The van der Waals surface area contributed by atoms with E-state index in [1.807, 2.05) is 18.2 Å². The fourth-order valence-corrected chi connectivity index (χ4v) is 1.35. The summed E-state index contributed by atoms with van der Waals surface area (Å²) in [6.07, 6.45) is 0. The highest BCUT2D eigenvalue weighted by molar-refractivity contribution is 5.68. The first-order valence-corrected chi connectivity index (χ1v) is 4.32. The van der Waals surface area contributed by atoms with Crippen LogP contribution in [0.1, 0.15) is 0 Å². The molecule has 2 rings (SSSR count). The third-order valence-electron chi connectivity index (χ3n) is 2.00. The summed E-state index contributed by atoms with van der Waals surface area (Å²) >= 11 is 0. The molecule has 0 aliphatic heterocycles. The number of hydrogen-bond acceptors (Lipinski definition) is 5. The Morgan fingerprint density at radius 3 is 2.67 bits per heavy atom. The molecule has 0 atom stereocenters. The topological polar surface area (TPSA) is 72.9 Å². The summed E-state index contributed by atoms with van der Waals surface area (Å²) in [6.45, 7) is 0. The maximum Gasteiger partial charge on any atom is 0.183 e. The van der Waals surface area contributed by atoms with Crippen LogP contribution in [0.15, 0.2) is 18.2 Å². The van der Waals surface area contributed by atoms with Gasteiger partial charge in [-0.2, -0.15) is 0 Å². The van der Waals surface area contributed by atoms with Crippen LogP contribution in [0.3, 0.4) is 0 Å². The molecule has 0 fully saturated rings. The molecule has 1 aromatic carbocycles. The monoisotopic (exact) mass is 206 g/mol. The molecule has 6 nitrogen and oxygen atoms in total. The maximum atomic E-state index is 5.25. The Morgan fingerprint density at radius 2 is 2.07 bits per heavy atom. The van der Waals surface area contributed by atoms with Crippen LogP contribution in [-0.4, -0.2) is 34.8 Å². The van der Waals surface area contributed by atoms with Crippen LogP contribution in [-0.2, 0) is 0 Å². The Kier molecular flexibility index (Phi) is 2.49. The lowest BCUT2D eigenvalue weighted by atomic mass is 10.2. The minimum Gasteiger partial charge on any atom is -0.493 e. The summed E-state index contributed by atoms with van der Waals surface area (Å²) in [4.78, 5) is 0. The summed E-state index contributed by atoms with van der Waals surface area (Å²) in [6, 6.07) is 5.51. The number of H-pyrrole nitrogens is 1. The van der Waals surface area contributed by atoms with E-state index in [9.17, 15) is 0 Å². The molecule has 2 aromatic rings. The molecular weight excluding hydrogens is 196 g/mol. The molecule has 78 valence electrons. The van der Waals surface area contributed by atoms with Gasteiger partial charge < -0.3 is 9.47 Å². The van der Waals surface area contributed by atoms with Crippen molar-refractivity contribution in [2.24, 2.45) is 0 Å². The smallest absolute Gasteiger partial charge is 0.183 e. The minimum absolute atomic E-state index is 0.547. The van der Waals surface area contributed by atoms with Crippen molar-refractivity contribution in [3.63, 3.8) is 0 Å². The van der Waals surface area contributed by atoms with Gasteiger partial charge in [0.1, 0.15) is 0 Å². The highest BCUT2D eigenvalue weighted by Crippen LogP contribution is 2.35. The lowest BCUT2D eigenvalue weighted by Gasteiger charge is -2.09. The fraction of sp³-hybridized carbons (Fsp3) is 0.222. The molecule has 0 aliphatic rings. The maximum absolute atomic E-state index is 5.25. The first kappa shape index (κ1) is 9.45. The molecule has 6 heteroatoms. The van der Waals surface area contributed by atoms with Crippen molar-refractivity contribution < 1.29 is 9.47 Å². The van der Waals surface area contributed by atoms with Crippen molar-refractivity contribution >= 4 is 0 Å². The van der Waals surface area contributed by atoms with Crippen molar-refractivity contribution in [3.05, 3.63) is 18.2 Å². The Bertz CT molecular complexity index is 441. The van der Waals surface area contributed by atoms with Gasteiger partial charge in [0, 0.05) is 0 Å². The number of aromatic amines is 1. The van der Waals surface area contributed by atoms with Crippen LogP contribution < -0.4 is 9.47 Å². The third kappa shape index (κ3) is 1.61. The number of methoxy groups -OCH3 is 2. The van der Waals surface area contributed by atoms with E-state index in [0.29, 0.717) is 17.3 Å². The van der Waals surface area contributed by atoms with Crippen LogP contribution in [0.25, 0.3) is 11.4 Å². The molecule has 0 amide bonds. The lowest BCUT2D eigenvalue weighted by Crippen LogP contribution is -1.94. The van der Waals surface area contributed by atoms with E-state index in [1.165, 1.54) is 0 Å². The van der Waals surface area contributed by atoms with Gasteiger partial charge in [-0.05, 0) is 22.6 Å². The van der Waals surface area contributed by atoms with Crippen LogP contribution >= 0.6 is 0 Å². The second-order valence-electron chi connectivity index (χ2n) is 2.79. The molecular formula is C9H10N4O2. The number of para-hydroxylation sites is 1. The molecule has 0 aliphatic carbocycles. The summed E-state index contributed by atoms with van der Waals surface area (Å²) in [7, 11) is 3.16. The number of rotatable bonds is 3. The fourth-order valence-electron chi connectivity index (χ4n) is 1.35. The lowest BCUT2D eigenvalue weighted by molar-refractivity contribution is 0.356. The second kappa shape index (κ2) is 3.95. The molecule has 0 bridgehead atoms. The Hall–Kier alpha value is -2.11. The predicted molar refractivity (Wildman–Crippen MR) is 52.7 cm³/mol. The van der Waals surface area contributed by atoms with Crippen LogP contribution in [0.2, 0.25) is 0 Å². The highest BCUT2D eigenvalue weighted by Gasteiger charge is 2.13. The van der Waals surface area contributed by atoms with Crippen LogP contribution in [0.5, 0.6) is 11.5 Å². The van der Waals surface area contributed by atoms with Crippen molar-refractivity contribution in [2.45, 2.75) is 0 Å². The highest BCUT2D eigenvalue weighted by atomic mass is 16.5. The van der Waals surface area contributed by atoms with Gasteiger partial charge in [0.15, 0.2) is 17.3 Å². The number of tetrazole rings is 1. The average molecular weight is 206 g/mol. The van der Waals surface area contributed by atoms with Gasteiger partial charge in [-0.25, -0.2) is 5.10 Å². The molecule has 1 heterocycles. The summed E-state index contributed by atoms with van der Waals surface area (Å²) < 4.78 is 10.4. The van der Waals surface area contributed by atoms with Gasteiger partial charge in [0.2, 0.25) is 0 Å². The molecule has 0 unspecified atom stereocenters. The quantitative estimate of drug-likeness (QED) is 0.807. The number of nitrogens with zero attached hydrogens (tertiary/aromatic N) is 3. The van der Waals surface area contributed by atoms with E-state index in [0.717, 1.165) is 5.56 Å². The molecule has 15 heavy (non-hydrogen) atoms. The summed E-state index contributed by atoms with van der Waals surface area (Å²) in [5.41, 5.74) is 0.766. The van der Waals surface area contributed by atoms with Gasteiger partial charge in [-0.3, -0.25) is 0 Å². The second-order valence-corrected chi connectivity index (χ2v) is 2.79. The molecule has 0 radical (unpaired) electrons. The van der Waals surface area contributed by atoms with Crippen molar-refractivity contribution in [3.8, 4) is 22.9 Å². The Balaban J connectivity index is 2.56. The van der Waals surface area contributed by atoms with Crippen LogP contribution in [0.4, 0.5) is 0 Å². The molecule has 0 saturated carbocycles. The zero-order chi connectivity index (χ0) is 10.7. The van der Waals surface area contributed by atoms with Gasteiger partial charge >= 0.3 is 0 Å². The normalized spacial score (nSPS) is 10.0. The molecule has 1 N–H and O–H groups in total. The number of hydrogen-bond donors (Lipinski definition) is 1. The zero-order valence-electron chi connectivity index (χ0n) is 8.39. The number of ether oxygens (including phenoxy) is 2. The SMILES string of the molecule is COc1cccc(-c2nnn[nH]2)c1OC. The van der Waals surface area contributed by atoms with Crippen LogP contribution in [0, 0.1) is 0 Å². The van der Waals surface area contributed by atoms with E-state index in [1.54, 1.807) is 14.2 Å². The van der Waals surface area contributed by atoms with Gasteiger partial charge in [-0.15, -0.1) is 5.10 Å². The van der Waals surface area contributed by atoms with E-state index in [4.69, 9.17) is 9.47 Å². The first-order chi connectivity index (χ1) is 7.36. The van der Waals surface area contributed by atoms with Gasteiger partial charge in [0.05, 0.1) is 19.8 Å². The standard InChI is InChI=1S/C9H10N4O2/c1-14-7-5-3-4-6(8(7)15-2)9-10-12-13-11-9/h3-5H,1-2H3,(H,10,11,12,13). The zero-order valence-corrected chi connectivity index (χ0v) is 8.39.